The molecule has 1 aliphatic carbocycles. The molecule has 27 heavy (non-hydrogen) atoms. The number of hydrogen-bond donors (Lipinski definition) is 0. The summed E-state index contributed by atoms with van der Waals surface area (Å²) in [6, 6.07) is 6.38. The first-order valence-electron chi connectivity index (χ1n) is 8.14. The maximum atomic E-state index is 13.3. The standard InChI is InChI=1S/C17H14AsF3N4O2/c1-27-15(26)9-3-2-4-11(7-9)25-8-22-12-13(18-10-5-6-10)23-16(17(19,20)21)24-14(12)25/h2-4,7-8,10,18H,5-6H2,1H3. The molecule has 0 N–H and O–H groups in total. The summed E-state index contributed by atoms with van der Waals surface area (Å²) in [4.78, 5) is 23.6. The van der Waals surface area contributed by atoms with Crippen LogP contribution in [0.4, 0.5) is 13.2 Å². The van der Waals surface area contributed by atoms with Crippen LogP contribution < -0.4 is 4.48 Å². The Kier molecular flexibility index (Phi) is 4.42. The number of benzene rings is 1. The monoisotopic (exact) mass is 438 g/mol. The maximum absolute atomic E-state index is 13.3. The van der Waals surface area contributed by atoms with Gasteiger partial charge in [-0.2, -0.15) is 0 Å². The Hall–Kier alpha value is -2.41. The predicted molar refractivity (Wildman–Crippen MR) is 92.8 cm³/mol. The van der Waals surface area contributed by atoms with Crippen molar-refractivity contribution in [1.29, 1.82) is 0 Å². The Morgan fingerprint density at radius 3 is 2.74 bits per heavy atom. The van der Waals surface area contributed by atoms with Crippen molar-refractivity contribution in [1.82, 2.24) is 19.5 Å². The van der Waals surface area contributed by atoms with E-state index < -0.39 is 33.7 Å². The van der Waals surface area contributed by atoms with E-state index in [0.29, 0.717) is 20.4 Å². The van der Waals surface area contributed by atoms with Gasteiger partial charge in [0.25, 0.3) is 0 Å². The van der Waals surface area contributed by atoms with Crippen molar-refractivity contribution >= 4 is 37.4 Å². The molecule has 2 aromatic heterocycles. The molecule has 1 aromatic carbocycles. The number of aromatic nitrogens is 4. The number of imidazole rings is 1. The number of methoxy groups -OCH3 is 1. The molecule has 3 aromatic rings. The van der Waals surface area contributed by atoms with Crippen LogP contribution in [0.5, 0.6) is 0 Å². The van der Waals surface area contributed by atoms with Gasteiger partial charge in [-0.25, -0.2) is 0 Å². The van der Waals surface area contributed by atoms with Gasteiger partial charge in [-0.15, -0.1) is 0 Å². The van der Waals surface area contributed by atoms with E-state index in [4.69, 9.17) is 4.74 Å². The summed E-state index contributed by atoms with van der Waals surface area (Å²) in [5.41, 5.74) is 1.26. The van der Waals surface area contributed by atoms with Crippen molar-refractivity contribution < 1.29 is 22.7 Å². The minimum absolute atomic E-state index is 0.0961. The van der Waals surface area contributed by atoms with Gasteiger partial charge in [0.15, 0.2) is 0 Å². The Labute approximate surface area is 158 Å². The van der Waals surface area contributed by atoms with E-state index in [0.717, 1.165) is 12.8 Å². The molecule has 1 aliphatic rings. The fraction of sp³-hybridized carbons (Fsp3) is 0.294. The van der Waals surface area contributed by atoms with E-state index in [1.807, 2.05) is 0 Å². The van der Waals surface area contributed by atoms with Crippen molar-refractivity contribution in [2.24, 2.45) is 0 Å². The SMILES string of the molecule is COC(=O)c1cccc(-n2cnc3c([AsH]C4CC4)nc(C(F)(F)F)nc32)c1. The number of carbonyl (C=O) groups is 1. The van der Waals surface area contributed by atoms with Crippen LogP contribution >= 0.6 is 0 Å². The zero-order valence-electron chi connectivity index (χ0n) is 14.1. The molecule has 1 atom stereocenters. The average molecular weight is 438 g/mol. The summed E-state index contributed by atoms with van der Waals surface area (Å²) in [6.45, 7) is 0. The number of ether oxygens (including phenoxy) is 1. The van der Waals surface area contributed by atoms with Gasteiger partial charge in [0.2, 0.25) is 0 Å². The molecule has 1 fully saturated rings. The van der Waals surface area contributed by atoms with Crippen LogP contribution in [-0.2, 0) is 10.9 Å². The second-order valence-corrected chi connectivity index (χ2v) is 9.45. The van der Waals surface area contributed by atoms with E-state index in [1.165, 1.54) is 24.1 Å². The van der Waals surface area contributed by atoms with E-state index in [2.05, 4.69) is 15.0 Å². The van der Waals surface area contributed by atoms with E-state index in [9.17, 15) is 18.0 Å². The molecule has 2 heterocycles. The van der Waals surface area contributed by atoms with E-state index >= 15 is 0 Å². The first-order chi connectivity index (χ1) is 12.9. The van der Waals surface area contributed by atoms with Gasteiger partial charge in [-0.05, 0) is 0 Å². The Balaban J connectivity index is 1.88. The van der Waals surface area contributed by atoms with Crippen LogP contribution in [-0.4, -0.2) is 48.4 Å². The van der Waals surface area contributed by atoms with Gasteiger partial charge in [-0.3, -0.25) is 0 Å². The first-order valence-corrected chi connectivity index (χ1v) is 10.4. The quantitative estimate of drug-likeness (QED) is 0.462. The number of carbonyl (C=O) groups excluding carboxylic acids is 1. The molecule has 0 saturated heterocycles. The molecule has 0 amide bonds. The third-order valence-corrected chi connectivity index (χ3v) is 7.49. The third-order valence-electron chi connectivity index (χ3n) is 4.11. The van der Waals surface area contributed by atoms with Crippen molar-refractivity contribution in [2.75, 3.05) is 7.11 Å². The average Bonchev–Trinajstić information content (AvgIpc) is 3.35. The summed E-state index contributed by atoms with van der Waals surface area (Å²) in [6.07, 6.45) is -1.15. The number of nitrogens with zero attached hydrogens (tertiary/aromatic N) is 4. The van der Waals surface area contributed by atoms with Crippen LogP contribution in [0.3, 0.4) is 0 Å². The number of hydrogen-bond acceptors (Lipinski definition) is 5. The van der Waals surface area contributed by atoms with Gasteiger partial charge >= 0.3 is 158 Å². The molecule has 1 saturated carbocycles. The minimum atomic E-state index is -4.64. The molecule has 0 aliphatic heterocycles. The normalized spacial score (nSPS) is 15.0. The van der Waals surface area contributed by atoms with Crippen LogP contribution in [0.1, 0.15) is 29.0 Å². The number of fused-ring (bicyclic) bond motifs is 1. The third kappa shape index (κ3) is 3.56. The van der Waals surface area contributed by atoms with Gasteiger partial charge < -0.3 is 0 Å². The number of rotatable bonds is 4. The zero-order chi connectivity index (χ0) is 19.2. The molecule has 0 bridgehead atoms. The van der Waals surface area contributed by atoms with Crippen LogP contribution in [0, 0.1) is 0 Å². The predicted octanol–water partition coefficient (Wildman–Crippen LogP) is 2.26. The fourth-order valence-electron chi connectivity index (χ4n) is 2.64. The Morgan fingerprint density at radius 1 is 1.30 bits per heavy atom. The van der Waals surface area contributed by atoms with Crippen molar-refractivity contribution in [3.8, 4) is 5.69 Å². The molecule has 1 unspecified atom stereocenters. The first kappa shape index (κ1) is 18.0. The van der Waals surface area contributed by atoms with Crippen LogP contribution in [0.15, 0.2) is 30.6 Å². The molecular formula is C17H14AsF3N4O2. The van der Waals surface area contributed by atoms with Crippen LogP contribution in [0.2, 0.25) is 4.71 Å². The number of esters is 1. The number of alkyl halides is 3. The molecule has 140 valence electrons. The molecular weight excluding hydrogens is 424 g/mol. The van der Waals surface area contributed by atoms with Crippen molar-refractivity contribution in [2.45, 2.75) is 23.7 Å². The summed E-state index contributed by atoms with van der Waals surface area (Å²) < 4.78 is 46.9. The summed E-state index contributed by atoms with van der Waals surface area (Å²) in [5.74, 6) is -1.69. The second kappa shape index (κ2) is 6.64. The van der Waals surface area contributed by atoms with Crippen LogP contribution in [0.25, 0.3) is 16.9 Å². The summed E-state index contributed by atoms with van der Waals surface area (Å²) >= 11 is -0.818. The van der Waals surface area contributed by atoms with Gasteiger partial charge in [0.1, 0.15) is 0 Å². The van der Waals surface area contributed by atoms with E-state index in [-0.39, 0.29) is 11.2 Å². The van der Waals surface area contributed by atoms with Crippen molar-refractivity contribution in [3.63, 3.8) is 0 Å². The van der Waals surface area contributed by atoms with Gasteiger partial charge in [0, 0.05) is 0 Å². The van der Waals surface area contributed by atoms with Gasteiger partial charge in [0.05, 0.1) is 0 Å². The molecule has 0 radical (unpaired) electrons. The molecule has 0 spiro atoms. The molecule has 6 nitrogen and oxygen atoms in total. The van der Waals surface area contributed by atoms with Crippen molar-refractivity contribution in [3.05, 3.63) is 42.0 Å². The fourth-order valence-corrected chi connectivity index (χ4v) is 5.42. The Bertz CT molecular complexity index is 1030. The number of halogens is 3. The molecule has 4 rings (SSSR count). The topological polar surface area (TPSA) is 69.9 Å². The second-order valence-electron chi connectivity index (χ2n) is 6.14. The summed E-state index contributed by atoms with van der Waals surface area (Å²) in [5, 5.41) is 0. The van der Waals surface area contributed by atoms with E-state index in [1.54, 1.807) is 18.2 Å². The Morgan fingerprint density at radius 2 is 2.07 bits per heavy atom. The summed E-state index contributed by atoms with van der Waals surface area (Å²) in [7, 11) is 1.26. The van der Waals surface area contributed by atoms with Gasteiger partial charge in [-0.1, -0.05) is 0 Å². The zero-order valence-corrected chi connectivity index (χ0v) is 16.2. The molecule has 10 heteroatoms.